The monoisotopic (exact) mass is 400 g/mol. The summed E-state index contributed by atoms with van der Waals surface area (Å²) in [6.07, 6.45) is 9.36. The number of benzene rings is 1. The van der Waals surface area contributed by atoms with E-state index in [1.165, 1.54) is 68.7 Å². The van der Waals surface area contributed by atoms with Gasteiger partial charge in [0.15, 0.2) is 0 Å². The summed E-state index contributed by atoms with van der Waals surface area (Å²) in [5.41, 5.74) is 1.44. The van der Waals surface area contributed by atoms with Crippen molar-refractivity contribution in [2.75, 3.05) is 37.7 Å². The highest BCUT2D eigenvalue weighted by atomic mass is 32.2. The number of piperidine rings is 2. The zero-order chi connectivity index (χ0) is 19.2. The van der Waals surface area contributed by atoms with Gasteiger partial charge in [-0.05, 0) is 81.2 Å². The van der Waals surface area contributed by atoms with Gasteiger partial charge in [0.2, 0.25) is 5.91 Å². The number of carbonyl (C=O) groups is 1. The number of amides is 1. The molecule has 3 heterocycles. The number of carbonyl (C=O) groups excluding carboxylic acids is 1. The third kappa shape index (κ3) is 5.54. The van der Waals surface area contributed by atoms with Crippen LogP contribution < -0.4 is 0 Å². The molecule has 4 heteroatoms. The molecule has 3 fully saturated rings. The number of thioether (sulfide) groups is 1. The molecule has 3 aliphatic rings. The van der Waals surface area contributed by atoms with Crippen molar-refractivity contribution in [2.45, 2.75) is 57.4 Å². The highest BCUT2D eigenvalue weighted by Crippen LogP contribution is 2.29. The van der Waals surface area contributed by atoms with Gasteiger partial charge in [-0.25, -0.2) is 0 Å². The first-order valence-electron chi connectivity index (χ1n) is 11.4. The van der Waals surface area contributed by atoms with Crippen molar-refractivity contribution in [1.29, 1.82) is 0 Å². The van der Waals surface area contributed by atoms with Gasteiger partial charge in [0.05, 0.1) is 0 Å². The van der Waals surface area contributed by atoms with Crippen LogP contribution in [-0.2, 0) is 11.2 Å². The van der Waals surface area contributed by atoms with Gasteiger partial charge in [-0.15, -0.1) is 0 Å². The standard InChI is InChI=1S/C24H36N2OS/c27-24(7-6-20-8-13-25(14-9-20)23-12-17-28-19-23)26-15-10-22(11-16-26)18-21-4-2-1-3-5-21/h1-5,20,22-23H,6-19H2. The van der Waals surface area contributed by atoms with Gasteiger partial charge in [-0.3, -0.25) is 9.69 Å². The van der Waals surface area contributed by atoms with Gasteiger partial charge in [0.25, 0.3) is 0 Å². The lowest BCUT2D eigenvalue weighted by atomic mass is 9.89. The Morgan fingerprint density at radius 1 is 0.929 bits per heavy atom. The number of hydrogen-bond donors (Lipinski definition) is 0. The highest BCUT2D eigenvalue weighted by molar-refractivity contribution is 7.99. The molecule has 4 rings (SSSR count). The normalized spacial score (nSPS) is 25.3. The van der Waals surface area contributed by atoms with E-state index < -0.39 is 0 Å². The first-order valence-corrected chi connectivity index (χ1v) is 12.6. The fourth-order valence-corrected chi connectivity index (χ4v) is 6.49. The number of nitrogens with zero attached hydrogens (tertiary/aromatic N) is 2. The summed E-state index contributed by atoms with van der Waals surface area (Å²) in [4.78, 5) is 17.6. The molecule has 1 aromatic rings. The number of likely N-dealkylation sites (tertiary alicyclic amines) is 2. The third-order valence-electron chi connectivity index (χ3n) is 7.17. The Hall–Kier alpha value is -1.00. The van der Waals surface area contributed by atoms with Crippen LogP contribution in [0.3, 0.4) is 0 Å². The van der Waals surface area contributed by atoms with Crippen molar-refractivity contribution in [3.8, 4) is 0 Å². The van der Waals surface area contributed by atoms with Crippen molar-refractivity contribution in [3.63, 3.8) is 0 Å². The first kappa shape index (κ1) is 20.3. The van der Waals surface area contributed by atoms with E-state index >= 15 is 0 Å². The van der Waals surface area contributed by atoms with Crippen molar-refractivity contribution in [1.82, 2.24) is 9.80 Å². The lowest BCUT2D eigenvalue weighted by molar-refractivity contribution is -0.133. The SMILES string of the molecule is O=C(CCC1CCN(C2CCSC2)CC1)N1CCC(Cc2ccccc2)CC1. The van der Waals surface area contributed by atoms with Crippen LogP contribution in [0.1, 0.15) is 50.5 Å². The van der Waals surface area contributed by atoms with Crippen LogP contribution in [0.2, 0.25) is 0 Å². The summed E-state index contributed by atoms with van der Waals surface area (Å²) in [5.74, 6) is 4.60. The van der Waals surface area contributed by atoms with E-state index in [1.807, 2.05) is 0 Å². The fraction of sp³-hybridized carbons (Fsp3) is 0.708. The minimum absolute atomic E-state index is 0.410. The molecule has 1 unspecified atom stereocenters. The molecule has 1 aromatic carbocycles. The van der Waals surface area contributed by atoms with E-state index in [0.29, 0.717) is 5.91 Å². The maximum atomic E-state index is 12.7. The molecule has 3 nitrogen and oxygen atoms in total. The summed E-state index contributed by atoms with van der Waals surface area (Å²) in [5, 5.41) is 0. The van der Waals surface area contributed by atoms with E-state index in [9.17, 15) is 4.79 Å². The Kier molecular flexibility index (Phi) is 7.36. The molecular formula is C24H36N2OS. The summed E-state index contributed by atoms with van der Waals surface area (Å²) in [7, 11) is 0. The molecule has 0 aromatic heterocycles. The topological polar surface area (TPSA) is 23.6 Å². The third-order valence-corrected chi connectivity index (χ3v) is 8.32. The van der Waals surface area contributed by atoms with Crippen LogP contribution in [0.4, 0.5) is 0 Å². The Bertz CT molecular complexity index is 600. The molecular weight excluding hydrogens is 364 g/mol. The molecule has 0 aliphatic carbocycles. The molecule has 3 aliphatic heterocycles. The Morgan fingerprint density at radius 2 is 1.64 bits per heavy atom. The molecule has 154 valence electrons. The van der Waals surface area contributed by atoms with Gasteiger partial charge in [0.1, 0.15) is 0 Å². The van der Waals surface area contributed by atoms with E-state index in [2.05, 4.69) is 51.9 Å². The van der Waals surface area contributed by atoms with Crippen molar-refractivity contribution < 1.29 is 4.79 Å². The van der Waals surface area contributed by atoms with Crippen LogP contribution in [0.25, 0.3) is 0 Å². The van der Waals surface area contributed by atoms with Crippen molar-refractivity contribution in [3.05, 3.63) is 35.9 Å². The zero-order valence-corrected chi connectivity index (χ0v) is 18.0. The summed E-state index contributed by atoms with van der Waals surface area (Å²) in [6.45, 7) is 4.45. The summed E-state index contributed by atoms with van der Waals surface area (Å²) >= 11 is 2.12. The smallest absolute Gasteiger partial charge is 0.222 e. The lowest BCUT2D eigenvalue weighted by Crippen LogP contribution is -2.42. The Balaban J connectivity index is 1.12. The first-order chi connectivity index (χ1) is 13.8. The second-order valence-corrected chi connectivity index (χ2v) is 10.2. The molecule has 1 amide bonds. The summed E-state index contributed by atoms with van der Waals surface area (Å²) in [6, 6.07) is 11.6. The predicted molar refractivity (Wildman–Crippen MR) is 119 cm³/mol. The molecule has 1 atom stereocenters. The fourth-order valence-electron chi connectivity index (χ4n) is 5.24. The summed E-state index contributed by atoms with van der Waals surface area (Å²) < 4.78 is 0. The van der Waals surface area contributed by atoms with Gasteiger partial charge in [-0.1, -0.05) is 30.3 Å². The molecule has 0 radical (unpaired) electrons. The minimum atomic E-state index is 0.410. The maximum absolute atomic E-state index is 12.7. The van der Waals surface area contributed by atoms with Crippen LogP contribution in [0, 0.1) is 11.8 Å². The molecule has 0 spiro atoms. The lowest BCUT2D eigenvalue weighted by Gasteiger charge is -2.36. The van der Waals surface area contributed by atoms with Gasteiger partial charge < -0.3 is 4.90 Å². The van der Waals surface area contributed by atoms with E-state index in [0.717, 1.165) is 43.8 Å². The van der Waals surface area contributed by atoms with Crippen LogP contribution in [0.5, 0.6) is 0 Å². The van der Waals surface area contributed by atoms with Gasteiger partial charge >= 0.3 is 0 Å². The molecule has 0 N–H and O–H groups in total. The minimum Gasteiger partial charge on any atom is -0.343 e. The predicted octanol–water partition coefficient (Wildman–Crippen LogP) is 4.47. The maximum Gasteiger partial charge on any atom is 0.222 e. The molecule has 0 bridgehead atoms. The highest BCUT2D eigenvalue weighted by Gasteiger charge is 2.28. The van der Waals surface area contributed by atoms with Crippen molar-refractivity contribution >= 4 is 17.7 Å². The second kappa shape index (κ2) is 10.2. The quantitative estimate of drug-likeness (QED) is 0.704. The van der Waals surface area contributed by atoms with Gasteiger partial charge in [-0.2, -0.15) is 11.8 Å². The average molecular weight is 401 g/mol. The zero-order valence-electron chi connectivity index (χ0n) is 17.2. The largest absolute Gasteiger partial charge is 0.343 e. The van der Waals surface area contributed by atoms with E-state index in [-0.39, 0.29) is 0 Å². The Morgan fingerprint density at radius 3 is 2.32 bits per heavy atom. The van der Waals surface area contributed by atoms with Crippen LogP contribution in [-0.4, -0.2) is 59.4 Å². The van der Waals surface area contributed by atoms with Crippen LogP contribution in [0.15, 0.2) is 30.3 Å². The average Bonchev–Trinajstić information content (AvgIpc) is 3.29. The second-order valence-electron chi connectivity index (χ2n) is 9.05. The van der Waals surface area contributed by atoms with Crippen molar-refractivity contribution in [2.24, 2.45) is 11.8 Å². The van der Waals surface area contributed by atoms with E-state index in [4.69, 9.17) is 0 Å². The van der Waals surface area contributed by atoms with E-state index in [1.54, 1.807) is 0 Å². The van der Waals surface area contributed by atoms with Crippen LogP contribution >= 0.6 is 11.8 Å². The van der Waals surface area contributed by atoms with Gasteiger partial charge in [0, 0.05) is 31.3 Å². The number of hydrogen-bond acceptors (Lipinski definition) is 3. The molecule has 28 heavy (non-hydrogen) atoms. The molecule has 0 saturated carbocycles. The number of rotatable bonds is 6. The Labute approximate surface area is 175 Å². The molecule has 3 saturated heterocycles.